The highest BCUT2D eigenvalue weighted by Gasteiger charge is 2.40. The normalized spacial score (nSPS) is 29.1. The summed E-state index contributed by atoms with van der Waals surface area (Å²) in [5.74, 6) is 0.967. The van der Waals surface area contributed by atoms with E-state index in [1.54, 1.807) is 0 Å². The molecular weight excluding hydrogens is 226 g/mol. The minimum Gasteiger partial charge on any atom is -0.375 e. The molecule has 2 atom stereocenters. The van der Waals surface area contributed by atoms with E-state index in [4.69, 9.17) is 10.5 Å². The molecule has 1 aliphatic heterocycles. The average Bonchev–Trinajstić information content (AvgIpc) is 2.39. The van der Waals surface area contributed by atoms with Crippen LogP contribution in [-0.4, -0.2) is 24.5 Å². The van der Waals surface area contributed by atoms with Gasteiger partial charge in [0.05, 0.1) is 5.60 Å². The number of nitrogens with two attached hydrogens (primary N) is 1. The van der Waals surface area contributed by atoms with Crippen molar-refractivity contribution in [1.29, 1.82) is 0 Å². The van der Waals surface area contributed by atoms with Crippen molar-refractivity contribution >= 4 is 5.78 Å². The molecule has 0 aromatic carbocycles. The van der Waals surface area contributed by atoms with E-state index in [0.29, 0.717) is 24.7 Å². The fraction of sp³-hybridized carbons (Fsp3) is 0.933. The van der Waals surface area contributed by atoms with Crippen LogP contribution in [0.2, 0.25) is 0 Å². The van der Waals surface area contributed by atoms with Gasteiger partial charge in [-0.05, 0) is 38.1 Å². The van der Waals surface area contributed by atoms with E-state index in [2.05, 4.69) is 6.92 Å². The molecule has 0 aromatic heterocycles. The highest BCUT2D eigenvalue weighted by molar-refractivity contribution is 5.81. The van der Waals surface area contributed by atoms with E-state index < -0.39 is 0 Å². The highest BCUT2D eigenvalue weighted by atomic mass is 16.5. The molecular formula is C15H27NO2. The molecule has 18 heavy (non-hydrogen) atoms. The van der Waals surface area contributed by atoms with Crippen molar-refractivity contribution in [2.24, 2.45) is 17.6 Å². The standard InChI is InChI=1S/C15H27NO2/c1-12(11-16)9-14(17)13-5-8-18-15(10-13)6-3-2-4-7-15/h12-13H,2-11,16H2,1H3. The molecule has 1 saturated heterocycles. The summed E-state index contributed by atoms with van der Waals surface area (Å²) in [5, 5.41) is 0. The maximum Gasteiger partial charge on any atom is 0.136 e. The van der Waals surface area contributed by atoms with Crippen LogP contribution in [0.1, 0.15) is 58.3 Å². The van der Waals surface area contributed by atoms with Crippen molar-refractivity contribution in [3.63, 3.8) is 0 Å². The van der Waals surface area contributed by atoms with Crippen LogP contribution < -0.4 is 5.73 Å². The summed E-state index contributed by atoms with van der Waals surface area (Å²) in [5.41, 5.74) is 5.65. The number of rotatable bonds is 4. The van der Waals surface area contributed by atoms with Crippen molar-refractivity contribution < 1.29 is 9.53 Å². The number of hydrogen-bond donors (Lipinski definition) is 1. The Balaban J connectivity index is 1.91. The number of ketones is 1. The first-order valence-corrected chi connectivity index (χ1v) is 7.52. The summed E-state index contributed by atoms with van der Waals surface area (Å²) in [7, 11) is 0. The van der Waals surface area contributed by atoms with Gasteiger partial charge in [-0.15, -0.1) is 0 Å². The van der Waals surface area contributed by atoms with Crippen LogP contribution in [0.15, 0.2) is 0 Å². The van der Waals surface area contributed by atoms with Gasteiger partial charge < -0.3 is 10.5 Å². The zero-order valence-corrected chi connectivity index (χ0v) is 11.6. The lowest BCUT2D eigenvalue weighted by Crippen LogP contribution is -2.43. The molecule has 1 heterocycles. The Bertz CT molecular complexity index is 279. The highest BCUT2D eigenvalue weighted by Crippen LogP contribution is 2.41. The minimum absolute atomic E-state index is 0.0444. The quantitative estimate of drug-likeness (QED) is 0.838. The van der Waals surface area contributed by atoms with E-state index in [1.165, 1.54) is 19.3 Å². The number of ether oxygens (including phenoxy) is 1. The molecule has 2 rings (SSSR count). The van der Waals surface area contributed by atoms with Crippen molar-refractivity contribution in [1.82, 2.24) is 0 Å². The van der Waals surface area contributed by atoms with Gasteiger partial charge in [0.1, 0.15) is 5.78 Å². The molecule has 1 aliphatic carbocycles. The van der Waals surface area contributed by atoms with E-state index in [9.17, 15) is 4.79 Å². The number of carbonyl (C=O) groups is 1. The first kappa shape index (κ1) is 14.0. The fourth-order valence-electron chi connectivity index (χ4n) is 3.44. The largest absolute Gasteiger partial charge is 0.375 e. The van der Waals surface area contributed by atoms with Gasteiger partial charge in [-0.2, -0.15) is 0 Å². The zero-order valence-electron chi connectivity index (χ0n) is 11.6. The fourth-order valence-corrected chi connectivity index (χ4v) is 3.44. The van der Waals surface area contributed by atoms with Gasteiger partial charge in [-0.25, -0.2) is 0 Å². The van der Waals surface area contributed by atoms with Gasteiger partial charge in [0.15, 0.2) is 0 Å². The van der Waals surface area contributed by atoms with E-state index >= 15 is 0 Å². The SMILES string of the molecule is CC(CN)CC(=O)C1CCOC2(CCCCC2)C1. The van der Waals surface area contributed by atoms with Crippen molar-refractivity contribution in [2.75, 3.05) is 13.2 Å². The lowest BCUT2D eigenvalue weighted by atomic mass is 9.74. The predicted octanol–water partition coefficient (Wildman–Crippen LogP) is 2.67. The summed E-state index contributed by atoms with van der Waals surface area (Å²) < 4.78 is 6.04. The maximum absolute atomic E-state index is 12.3. The van der Waals surface area contributed by atoms with Crippen LogP contribution in [0.25, 0.3) is 0 Å². The molecule has 1 spiro atoms. The number of carbonyl (C=O) groups excluding carboxylic acids is 1. The van der Waals surface area contributed by atoms with E-state index in [1.807, 2.05) is 0 Å². The summed E-state index contributed by atoms with van der Waals surface area (Å²) in [6.07, 6.45) is 8.69. The molecule has 3 nitrogen and oxygen atoms in total. The third kappa shape index (κ3) is 3.33. The average molecular weight is 253 g/mol. The van der Waals surface area contributed by atoms with Gasteiger partial charge >= 0.3 is 0 Å². The van der Waals surface area contributed by atoms with Crippen molar-refractivity contribution in [3.8, 4) is 0 Å². The van der Waals surface area contributed by atoms with E-state index in [0.717, 1.165) is 32.3 Å². The summed E-state index contributed by atoms with van der Waals surface area (Å²) in [6.45, 7) is 3.45. The van der Waals surface area contributed by atoms with E-state index in [-0.39, 0.29) is 11.5 Å². The van der Waals surface area contributed by atoms with Crippen LogP contribution >= 0.6 is 0 Å². The first-order valence-electron chi connectivity index (χ1n) is 7.52. The summed E-state index contributed by atoms with van der Waals surface area (Å²) in [6, 6.07) is 0. The maximum atomic E-state index is 12.3. The Morgan fingerprint density at radius 2 is 2.11 bits per heavy atom. The van der Waals surface area contributed by atoms with Crippen LogP contribution in [0.4, 0.5) is 0 Å². The lowest BCUT2D eigenvalue weighted by molar-refractivity contribution is -0.143. The van der Waals surface area contributed by atoms with Gasteiger partial charge in [-0.1, -0.05) is 26.2 Å². The predicted molar refractivity (Wildman–Crippen MR) is 72.3 cm³/mol. The monoisotopic (exact) mass is 253 g/mol. The molecule has 0 amide bonds. The Hall–Kier alpha value is -0.410. The molecule has 0 aromatic rings. The lowest BCUT2D eigenvalue weighted by Gasteiger charge is -2.43. The second-order valence-electron chi connectivity index (χ2n) is 6.29. The molecule has 0 bridgehead atoms. The van der Waals surface area contributed by atoms with Crippen molar-refractivity contribution in [2.45, 2.75) is 63.9 Å². The van der Waals surface area contributed by atoms with Gasteiger partial charge in [0, 0.05) is 18.9 Å². The minimum atomic E-state index is 0.0444. The summed E-state index contributed by atoms with van der Waals surface area (Å²) in [4.78, 5) is 12.3. The van der Waals surface area contributed by atoms with Crippen LogP contribution in [0.3, 0.4) is 0 Å². The summed E-state index contributed by atoms with van der Waals surface area (Å²) >= 11 is 0. The van der Waals surface area contributed by atoms with Gasteiger partial charge in [0.2, 0.25) is 0 Å². The molecule has 2 aliphatic rings. The smallest absolute Gasteiger partial charge is 0.136 e. The number of hydrogen-bond acceptors (Lipinski definition) is 3. The Kier molecular flexibility index (Phi) is 4.79. The first-order chi connectivity index (χ1) is 8.65. The van der Waals surface area contributed by atoms with Gasteiger partial charge in [-0.3, -0.25) is 4.79 Å². The third-order valence-electron chi connectivity index (χ3n) is 4.67. The number of Topliss-reactive ketones (excluding diaryl/α,β-unsaturated/α-hetero) is 1. The molecule has 1 saturated carbocycles. The van der Waals surface area contributed by atoms with Crippen molar-refractivity contribution in [3.05, 3.63) is 0 Å². The Morgan fingerprint density at radius 1 is 1.39 bits per heavy atom. The molecule has 2 unspecified atom stereocenters. The van der Waals surface area contributed by atoms with Crippen LogP contribution in [-0.2, 0) is 9.53 Å². The second kappa shape index (κ2) is 6.16. The molecule has 2 N–H and O–H groups in total. The molecule has 104 valence electrons. The molecule has 0 radical (unpaired) electrons. The molecule has 3 heteroatoms. The molecule has 2 fully saturated rings. The van der Waals surface area contributed by atoms with Crippen LogP contribution in [0.5, 0.6) is 0 Å². The Morgan fingerprint density at radius 3 is 2.78 bits per heavy atom. The van der Waals surface area contributed by atoms with Gasteiger partial charge in [0.25, 0.3) is 0 Å². The third-order valence-corrected chi connectivity index (χ3v) is 4.67. The second-order valence-corrected chi connectivity index (χ2v) is 6.29. The Labute approximate surface area is 110 Å². The topological polar surface area (TPSA) is 52.3 Å². The zero-order chi connectivity index (χ0) is 13.0. The van der Waals surface area contributed by atoms with Crippen LogP contribution in [0, 0.1) is 11.8 Å².